The van der Waals surface area contributed by atoms with E-state index in [9.17, 15) is 0 Å². The monoisotopic (exact) mass is 378 g/mol. The molecule has 0 spiro atoms. The van der Waals surface area contributed by atoms with Crippen LogP contribution >= 0.6 is 11.6 Å². The van der Waals surface area contributed by atoms with E-state index in [-0.39, 0.29) is 12.4 Å². The van der Waals surface area contributed by atoms with Crippen molar-refractivity contribution in [2.75, 3.05) is 12.5 Å². The highest BCUT2D eigenvalue weighted by molar-refractivity contribution is 6.19. The van der Waals surface area contributed by atoms with E-state index in [2.05, 4.69) is 44.9 Å². The van der Waals surface area contributed by atoms with Crippen LogP contribution in [-0.2, 0) is 9.47 Å². The van der Waals surface area contributed by atoms with Crippen LogP contribution in [0.25, 0.3) is 0 Å². The van der Waals surface area contributed by atoms with Gasteiger partial charge in [-0.3, -0.25) is 0 Å². The Hall–Kier alpha value is -1.01. The maximum absolute atomic E-state index is 6.04. The van der Waals surface area contributed by atoms with E-state index in [0.29, 0.717) is 12.3 Å². The molecule has 1 aliphatic heterocycles. The third kappa shape index (κ3) is 10.9. The normalized spacial score (nSPS) is 20.7. The molecule has 1 fully saturated rings. The van der Waals surface area contributed by atoms with Crippen LogP contribution in [0.5, 0.6) is 0 Å². The molecule has 0 aromatic rings. The molecule has 0 saturated carbocycles. The molecular formula is C23H35ClO2. The third-order valence-electron chi connectivity index (χ3n) is 4.53. The largest absolute Gasteiger partial charge is 0.353 e. The molecule has 0 radical (unpaired) electrons. The van der Waals surface area contributed by atoms with E-state index >= 15 is 0 Å². The summed E-state index contributed by atoms with van der Waals surface area (Å²) in [6, 6.07) is 0. The van der Waals surface area contributed by atoms with E-state index in [1.54, 1.807) is 0 Å². The average molecular weight is 379 g/mol. The first kappa shape index (κ1) is 23.0. The molecule has 2 nitrogen and oxygen atoms in total. The number of hydrogen-bond acceptors (Lipinski definition) is 2. The Morgan fingerprint density at radius 3 is 2.46 bits per heavy atom. The van der Waals surface area contributed by atoms with Gasteiger partial charge in [-0.2, -0.15) is 0 Å². The molecule has 3 heteroatoms. The van der Waals surface area contributed by atoms with Crippen LogP contribution in [0.2, 0.25) is 0 Å². The Morgan fingerprint density at radius 2 is 1.85 bits per heavy atom. The van der Waals surface area contributed by atoms with Crippen LogP contribution in [-0.4, -0.2) is 24.9 Å². The summed E-state index contributed by atoms with van der Waals surface area (Å²) in [6.07, 6.45) is 20.2. The Kier molecular flexibility index (Phi) is 12.5. The van der Waals surface area contributed by atoms with Crippen LogP contribution < -0.4 is 0 Å². The van der Waals surface area contributed by atoms with Gasteiger partial charge in [-0.1, -0.05) is 34.9 Å². The number of halogens is 1. The van der Waals surface area contributed by atoms with Gasteiger partial charge in [0.25, 0.3) is 0 Å². The van der Waals surface area contributed by atoms with E-state index in [1.807, 2.05) is 0 Å². The topological polar surface area (TPSA) is 18.5 Å². The quantitative estimate of drug-likeness (QED) is 0.230. The predicted octanol–water partition coefficient (Wildman–Crippen LogP) is 6.56. The molecule has 0 aromatic carbocycles. The Labute approximate surface area is 165 Å². The van der Waals surface area contributed by atoms with Gasteiger partial charge in [0.05, 0.1) is 6.10 Å². The van der Waals surface area contributed by atoms with Gasteiger partial charge in [0.1, 0.15) is 0 Å². The first-order chi connectivity index (χ1) is 12.5. The molecule has 0 aromatic heterocycles. The van der Waals surface area contributed by atoms with E-state index in [4.69, 9.17) is 27.5 Å². The highest BCUT2D eigenvalue weighted by atomic mass is 35.5. The fraction of sp³-hybridized carbons (Fsp3) is 0.652. The van der Waals surface area contributed by atoms with Crippen LogP contribution in [0, 0.1) is 12.3 Å². The molecule has 1 saturated heterocycles. The van der Waals surface area contributed by atoms with Gasteiger partial charge >= 0.3 is 0 Å². The van der Waals surface area contributed by atoms with Crippen molar-refractivity contribution in [3.8, 4) is 12.3 Å². The maximum atomic E-state index is 6.04. The van der Waals surface area contributed by atoms with Gasteiger partial charge in [-0.25, -0.2) is 0 Å². The number of hydrogen-bond donors (Lipinski definition) is 0. The van der Waals surface area contributed by atoms with Gasteiger partial charge in [0, 0.05) is 18.9 Å². The highest BCUT2D eigenvalue weighted by Crippen LogP contribution is 2.19. The SMILES string of the molecule is C#CCC(C=C(C)CCC=C(C)CCC=C(C)CCl)OC1CCCCO1. The molecule has 1 heterocycles. The third-order valence-corrected chi connectivity index (χ3v) is 4.95. The standard InChI is InChI=1S/C23H35ClO2/c1-5-10-22(26-23-15-6-7-16-25-23)17-20(3)13-8-11-19(2)12-9-14-21(4)18-24/h1,11,14,17,22-23H,6-10,12-13,15-16,18H2,2-4H3. The number of ether oxygens (including phenoxy) is 2. The van der Waals surface area contributed by atoms with Crippen LogP contribution in [0.1, 0.15) is 72.1 Å². The van der Waals surface area contributed by atoms with Gasteiger partial charge in [-0.15, -0.1) is 23.9 Å². The molecule has 2 atom stereocenters. The first-order valence-electron chi connectivity index (χ1n) is 9.80. The molecule has 1 aliphatic rings. The summed E-state index contributed by atoms with van der Waals surface area (Å²) >= 11 is 5.79. The molecule has 2 unspecified atom stereocenters. The molecule has 0 aliphatic carbocycles. The zero-order chi connectivity index (χ0) is 19.2. The predicted molar refractivity (Wildman–Crippen MR) is 112 cm³/mol. The van der Waals surface area contributed by atoms with Gasteiger partial charge < -0.3 is 9.47 Å². The van der Waals surface area contributed by atoms with Crippen molar-refractivity contribution in [2.24, 2.45) is 0 Å². The van der Waals surface area contributed by atoms with Gasteiger partial charge in [-0.05, 0) is 65.7 Å². The zero-order valence-corrected chi connectivity index (χ0v) is 17.5. The molecule has 1 rings (SSSR count). The first-order valence-corrected chi connectivity index (χ1v) is 10.3. The molecule has 0 amide bonds. The molecule has 0 N–H and O–H groups in total. The van der Waals surface area contributed by atoms with Crippen LogP contribution in [0.4, 0.5) is 0 Å². The molecule has 26 heavy (non-hydrogen) atoms. The minimum atomic E-state index is -0.0993. The summed E-state index contributed by atoms with van der Waals surface area (Å²) in [6.45, 7) is 7.23. The second kappa shape index (κ2) is 14.1. The fourth-order valence-electron chi connectivity index (χ4n) is 2.93. The average Bonchev–Trinajstić information content (AvgIpc) is 2.62. The van der Waals surface area contributed by atoms with E-state index < -0.39 is 0 Å². The fourth-order valence-corrected chi connectivity index (χ4v) is 3.03. The highest BCUT2D eigenvalue weighted by Gasteiger charge is 2.18. The van der Waals surface area contributed by atoms with Crippen molar-refractivity contribution in [2.45, 2.75) is 84.5 Å². The molecular weight excluding hydrogens is 344 g/mol. The lowest BCUT2D eigenvalue weighted by atomic mass is 10.0. The number of allylic oxidation sites excluding steroid dienone is 5. The lowest BCUT2D eigenvalue weighted by Crippen LogP contribution is -2.27. The summed E-state index contributed by atoms with van der Waals surface area (Å²) < 4.78 is 11.7. The minimum Gasteiger partial charge on any atom is -0.353 e. The second-order valence-electron chi connectivity index (χ2n) is 7.20. The number of terminal acetylenes is 1. The van der Waals surface area contributed by atoms with Gasteiger partial charge in [0.2, 0.25) is 0 Å². The van der Waals surface area contributed by atoms with Crippen molar-refractivity contribution in [1.29, 1.82) is 0 Å². The molecule has 0 bridgehead atoms. The number of rotatable bonds is 11. The lowest BCUT2D eigenvalue weighted by Gasteiger charge is -2.26. The summed E-state index contributed by atoms with van der Waals surface area (Å²) in [7, 11) is 0. The Balaban J connectivity index is 2.40. The minimum absolute atomic E-state index is 0.0446. The Bertz CT molecular complexity index is 519. The summed E-state index contributed by atoms with van der Waals surface area (Å²) in [5, 5.41) is 0. The van der Waals surface area contributed by atoms with Crippen molar-refractivity contribution >= 4 is 11.6 Å². The Morgan fingerprint density at radius 1 is 1.15 bits per heavy atom. The summed E-state index contributed by atoms with van der Waals surface area (Å²) in [5.41, 5.74) is 4.01. The van der Waals surface area contributed by atoms with Crippen molar-refractivity contribution < 1.29 is 9.47 Å². The smallest absolute Gasteiger partial charge is 0.158 e. The lowest BCUT2D eigenvalue weighted by molar-refractivity contribution is -0.177. The summed E-state index contributed by atoms with van der Waals surface area (Å²) in [5.74, 6) is 3.35. The van der Waals surface area contributed by atoms with Crippen LogP contribution in [0.15, 0.2) is 34.9 Å². The van der Waals surface area contributed by atoms with E-state index in [0.717, 1.165) is 45.1 Å². The maximum Gasteiger partial charge on any atom is 0.158 e. The van der Waals surface area contributed by atoms with Crippen molar-refractivity contribution in [3.63, 3.8) is 0 Å². The van der Waals surface area contributed by atoms with Crippen LogP contribution in [0.3, 0.4) is 0 Å². The zero-order valence-electron chi connectivity index (χ0n) is 16.7. The molecule has 146 valence electrons. The second-order valence-corrected chi connectivity index (χ2v) is 7.47. The summed E-state index contributed by atoms with van der Waals surface area (Å²) in [4.78, 5) is 0. The van der Waals surface area contributed by atoms with E-state index in [1.165, 1.54) is 23.1 Å². The van der Waals surface area contributed by atoms with Gasteiger partial charge in [0.15, 0.2) is 6.29 Å². The number of alkyl halides is 1. The van der Waals surface area contributed by atoms with Crippen molar-refractivity contribution in [3.05, 3.63) is 34.9 Å². The van der Waals surface area contributed by atoms with Crippen molar-refractivity contribution in [1.82, 2.24) is 0 Å².